The van der Waals surface area contributed by atoms with Gasteiger partial charge < -0.3 is 15.3 Å². The van der Waals surface area contributed by atoms with E-state index in [0.717, 1.165) is 19.3 Å². The molecule has 0 spiro atoms. The van der Waals surface area contributed by atoms with Gasteiger partial charge in [-0.1, -0.05) is 6.92 Å². The molecule has 2 amide bonds. The minimum Gasteiger partial charge on any atom is -0.480 e. The Morgan fingerprint density at radius 3 is 2.60 bits per heavy atom. The number of carbonyl (C=O) groups is 3. The number of nitrogens with one attached hydrogen (secondary N) is 1. The van der Waals surface area contributed by atoms with Crippen molar-refractivity contribution in [2.45, 2.75) is 45.1 Å². The van der Waals surface area contributed by atoms with Gasteiger partial charge in [-0.2, -0.15) is 0 Å². The van der Waals surface area contributed by atoms with Crippen molar-refractivity contribution in [3.8, 4) is 0 Å². The van der Waals surface area contributed by atoms with E-state index >= 15 is 0 Å². The quantitative estimate of drug-likeness (QED) is 0.773. The first-order valence-electron chi connectivity index (χ1n) is 7.30. The first kappa shape index (κ1) is 14.8. The van der Waals surface area contributed by atoms with Crippen LogP contribution in [0.2, 0.25) is 0 Å². The third-order valence-electron chi connectivity index (χ3n) is 4.19. The molecule has 3 atom stereocenters. The predicted molar refractivity (Wildman–Crippen MR) is 71.9 cm³/mol. The molecule has 1 aliphatic heterocycles. The largest absolute Gasteiger partial charge is 0.480 e. The van der Waals surface area contributed by atoms with Crippen LogP contribution in [0.1, 0.15) is 39.0 Å². The summed E-state index contributed by atoms with van der Waals surface area (Å²) in [6, 6.07) is -0.699. The normalized spacial score (nSPS) is 28.9. The number of hydrogen-bond acceptors (Lipinski definition) is 3. The Balaban J connectivity index is 1.75. The van der Waals surface area contributed by atoms with Crippen molar-refractivity contribution >= 4 is 17.8 Å². The van der Waals surface area contributed by atoms with E-state index in [1.54, 1.807) is 0 Å². The number of amides is 2. The van der Waals surface area contributed by atoms with Gasteiger partial charge in [0, 0.05) is 25.4 Å². The summed E-state index contributed by atoms with van der Waals surface area (Å²) >= 11 is 0. The van der Waals surface area contributed by atoms with Crippen LogP contribution in [0.3, 0.4) is 0 Å². The van der Waals surface area contributed by atoms with Gasteiger partial charge in [0.25, 0.3) is 0 Å². The van der Waals surface area contributed by atoms with E-state index in [9.17, 15) is 14.4 Å². The van der Waals surface area contributed by atoms with E-state index in [4.69, 9.17) is 5.11 Å². The number of nitrogens with zero attached hydrogens (tertiary/aromatic N) is 1. The van der Waals surface area contributed by atoms with Gasteiger partial charge in [0.1, 0.15) is 6.04 Å². The first-order chi connectivity index (χ1) is 9.50. The van der Waals surface area contributed by atoms with Crippen molar-refractivity contribution in [2.75, 3.05) is 13.1 Å². The molecule has 2 rings (SSSR count). The molecule has 2 aliphatic rings. The minimum absolute atomic E-state index is 0.0127. The number of aliphatic carboxylic acids is 1. The molecule has 2 N–H and O–H groups in total. The van der Waals surface area contributed by atoms with Crippen molar-refractivity contribution in [1.29, 1.82) is 0 Å². The van der Waals surface area contributed by atoms with Crippen LogP contribution in [-0.4, -0.2) is 46.9 Å². The molecular weight excluding hydrogens is 260 g/mol. The van der Waals surface area contributed by atoms with Gasteiger partial charge in [-0.25, -0.2) is 4.79 Å². The highest BCUT2D eigenvalue weighted by atomic mass is 16.4. The maximum Gasteiger partial charge on any atom is 0.326 e. The topological polar surface area (TPSA) is 86.7 Å². The highest BCUT2D eigenvalue weighted by molar-refractivity contribution is 5.85. The molecule has 1 heterocycles. The Morgan fingerprint density at radius 1 is 1.30 bits per heavy atom. The summed E-state index contributed by atoms with van der Waals surface area (Å²) in [5.41, 5.74) is 0. The summed E-state index contributed by atoms with van der Waals surface area (Å²) in [7, 11) is 0. The number of carbonyl (C=O) groups excluding carboxylic acids is 2. The molecule has 1 aliphatic carbocycles. The summed E-state index contributed by atoms with van der Waals surface area (Å²) in [5.74, 6) is -0.551. The highest BCUT2D eigenvalue weighted by Gasteiger charge is 2.39. The van der Waals surface area contributed by atoms with Gasteiger partial charge in [0.15, 0.2) is 0 Å². The standard InChI is InChI=1S/C14H22N2O4/c1-9-8-10(9)13(18)15-6-5-12(17)16-7-3-2-4-11(16)14(19)20/h9-11H,2-8H2,1H3,(H,15,18)(H,19,20)/t9?,10?,11-/m1/s1. The van der Waals surface area contributed by atoms with Crippen molar-refractivity contribution in [3.63, 3.8) is 0 Å². The zero-order chi connectivity index (χ0) is 14.7. The summed E-state index contributed by atoms with van der Waals surface area (Å²) in [5, 5.41) is 11.9. The average Bonchev–Trinajstić information content (AvgIpc) is 3.15. The Labute approximate surface area is 118 Å². The van der Waals surface area contributed by atoms with Crippen molar-refractivity contribution < 1.29 is 19.5 Å². The number of hydrogen-bond donors (Lipinski definition) is 2. The molecule has 0 aromatic rings. The van der Waals surface area contributed by atoms with E-state index in [0.29, 0.717) is 25.4 Å². The Kier molecular flexibility index (Phi) is 4.62. The second kappa shape index (κ2) is 6.24. The Morgan fingerprint density at radius 2 is 2.00 bits per heavy atom. The number of likely N-dealkylation sites (tertiary alicyclic amines) is 1. The van der Waals surface area contributed by atoms with Crippen LogP contribution in [0.4, 0.5) is 0 Å². The molecule has 2 fully saturated rings. The molecule has 0 bridgehead atoms. The number of carboxylic acids is 1. The van der Waals surface area contributed by atoms with Crippen LogP contribution in [0, 0.1) is 11.8 Å². The highest BCUT2D eigenvalue weighted by Crippen LogP contribution is 2.37. The van der Waals surface area contributed by atoms with Gasteiger partial charge in [0.2, 0.25) is 11.8 Å². The molecule has 1 saturated carbocycles. The molecule has 6 nitrogen and oxygen atoms in total. The molecule has 6 heteroatoms. The van der Waals surface area contributed by atoms with Crippen LogP contribution in [-0.2, 0) is 14.4 Å². The number of rotatable bonds is 5. The summed E-state index contributed by atoms with van der Waals surface area (Å²) in [4.78, 5) is 36.2. The van der Waals surface area contributed by atoms with Crippen molar-refractivity contribution in [2.24, 2.45) is 11.8 Å². The van der Waals surface area contributed by atoms with E-state index in [2.05, 4.69) is 5.32 Å². The van der Waals surface area contributed by atoms with E-state index in [1.165, 1.54) is 4.90 Å². The van der Waals surface area contributed by atoms with Gasteiger partial charge in [-0.05, 0) is 31.6 Å². The number of piperidine rings is 1. The van der Waals surface area contributed by atoms with E-state index in [-0.39, 0.29) is 24.2 Å². The third kappa shape index (κ3) is 3.49. The zero-order valence-corrected chi connectivity index (χ0v) is 11.8. The lowest BCUT2D eigenvalue weighted by atomic mass is 10.0. The number of carboxylic acid groups (broad SMARTS) is 1. The van der Waals surface area contributed by atoms with E-state index in [1.807, 2.05) is 6.92 Å². The van der Waals surface area contributed by atoms with Crippen LogP contribution in [0.15, 0.2) is 0 Å². The fourth-order valence-electron chi connectivity index (χ4n) is 2.74. The van der Waals surface area contributed by atoms with Crippen LogP contribution in [0.5, 0.6) is 0 Å². The van der Waals surface area contributed by atoms with Crippen LogP contribution >= 0.6 is 0 Å². The van der Waals surface area contributed by atoms with Gasteiger partial charge in [0.05, 0.1) is 0 Å². The van der Waals surface area contributed by atoms with Crippen LogP contribution in [0.25, 0.3) is 0 Å². The Bertz CT molecular complexity index is 410. The molecule has 0 aromatic heterocycles. The average molecular weight is 282 g/mol. The molecular formula is C14H22N2O4. The fourth-order valence-corrected chi connectivity index (χ4v) is 2.74. The monoisotopic (exact) mass is 282 g/mol. The molecule has 20 heavy (non-hydrogen) atoms. The van der Waals surface area contributed by atoms with Gasteiger partial charge in [-0.3, -0.25) is 9.59 Å². The van der Waals surface area contributed by atoms with Crippen molar-refractivity contribution in [1.82, 2.24) is 10.2 Å². The first-order valence-corrected chi connectivity index (χ1v) is 7.30. The maximum atomic E-state index is 12.1. The Hall–Kier alpha value is -1.59. The fraction of sp³-hybridized carbons (Fsp3) is 0.786. The molecule has 0 aromatic carbocycles. The molecule has 1 saturated heterocycles. The molecule has 112 valence electrons. The summed E-state index contributed by atoms with van der Waals surface area (Å²) in [6.45, 7) is 2.83. The lowest BCUT2D eigenvalue weighted by Gasteiger charge is -2.33. The van der Waals surface area contributed by atoms with E-state index < -0.39 is 12.0 Å². The SMILES string of the molecule is CC1CC1C(=O)NCCC(=O)N1CCCC[C@@H]1C(=O)O. The smallest absolute Gasteiger partial charge is 0.326 e. The summed E-state index contributed by atoms with van der Waals surface area (Å²) in [6.07, 6.45) is 3.31. The van der Waals surface area contributed by atoms with Gasteiger partial charge >= 0.3 is 5.97 Å². The molecule has 2 unspecified atom stereocenters. The van der Waals surface area contributed by atoms with Gasteiger partial charge in [-0.15, -0.1) is 0 Å². The minimum atomic E-state index is -0.936. The zero-order valence-electron chi connectivity index (χ0n) is 11.8. The lowest BCUT2D eigenvalue weighted by Crippen LogP contribution is -2.48. The van der Waals surface area contributed by atoms with Crippen molar-refractivity contribution in [3.05, 3.63) is 0 Å². The predicted octanol–water partition coefficient (Wildman–Crippen LogP) is 0.614. The van der Waals surface area contributed by atoms with Crippen LogP contribution < -0.4 is 5.32 Å². The molecule has 0 radical (unpaired) electrons. The third-order valence-corrected chi connectivity index (χ3v) is 4.19. The maximum absolute atomic E-state index is 12.1. The second-order valence-corrected chi connectivity index (χ2v) is 5.80. The second-order valence-electron chi connectivity index (χ2n) is 5.80. The summed E-state index contributed by atoms with van der Waals surface area (Å²) < 4.78 is 0. The lowest BCUT2D eigenvalue weighted by molar-refractivity contribution is -0.152.